The average Bonchev–Trinajstić information content (AvgIpc) is 2.75. The van der Waals surface area contributed by atoms with Gasteiger partial charge in [0.15, 0.2) is 0 Å². The lowest BCUT2D eigenvalue weighted by molar-refractivity contribution is 0.560. The largest absolute Gasteiger partial charge is 0.463 e. The van der Waals surface area contributed by atoms with Crippen molar-refractivity contribution in [2.24, 2.45) is 5.10 Å². The highest BCUT2D eigenvalue weighted by Gasteiger charge is 1.90. The third-order valence-corrected chi connectivity index (χ3v) is 1.32. The second-order valence-electron chi connectivity index (χ2n) is 2.22. The van der Waals surface area contributed by atoms with E-state index < -0.39 is 0 Å². The number of nitrogens with one attached hydrogen (secondary N) is 2. The standard InChI is InChI=1S/C7H7N5O/c1-2-6(13-3-1)4-9-11-7-8-5-10-12-7/h1-5H,(H2,8,10,11,12)/b9-4+. The van der Waals surface area contributed by atoms with E-state index in [1.807, 2.05) is 0 Å². The first-order chi connectivity index (χ1) is 6.45. The Labute approximate surface area is 73.7 Å². The SMILES string of the molecule is C(=N\Nc1ncn[nH]1)/c1ccco1. The van der Waals surface area contributed by atoms with Crippen LogP contribution in [-0.2, 0) is 0 Å². The van der Waals surface area contributed by atoms with Gasteiger partial charge in [0.2, 0.25) is 5.95 Å². The summed E-state index contributed by atoms with van der Waals surface area (Å²) in [6.07, 6.45) is 4.52. The van der Waals surface area contributed by atoms with Gasteiger partial charge in [0.1, 0.15) is 12.1 Å². The van der Waals surface area contributed by atoms with E-state index in [-0.39, 0.29) is 0 Å². The molecule has 13 heavy (non-hydrogen) atoms. The Morgan fingerprint density at radius 3 is 3.31 bits per heavy atom. The smallest absolute Gasteiger partial charge is 0.239 e. The predicted molar refractivity (Wildman–Crippen MR) is 46.3 cm³/mol. The number of aromatic nitrogens is 3. The summed E-state index contributed by atoms with van der Waals surface area (Å²) in [6, 6.07) is 3.58. The van der Waals surface area contributed by atoms with Gasteiger partial charge in [0.25, 0.3) is 0 Å². The van der Waals surface area contributed by atoms with Crippen molar-refractivity contribution in [2.75, 3.05) is 5.43 Å². The molecule has 0 bridgehead atoms. The van der Waals surface area contributed by atoms with Gasteiger partial charge in [-0.25, -0.2) is 10.5 Å². The molecular weight excluding hydrogens is 170 g/mol. The molecule has 0 fully saturated rings. The van der Waals surface area contributed by atoms with E-state index in [1.54, 1.807) is 24.6 Å². The highest BCUT2D eigenvalue weighted by Crippen LogP contribution is 1.96. The molecule has 0 saturated carbocycles. The number of H-pyrrole nitrogens is 1. The Morgan fingerprint density at radius 2 is 2.62 bits per heavy atom. The molecule has 0 unspecified atom stereocenters. The summed E-state index contributed by atoms with van der Waals surface area (Å²) in [5, 5.41) is 10.1. The van der Waals surface area contributed by atoms with E-state index in [2.05, 4.69) is 25.7 Å². The minimum Gasteiger partial charge on any atom is -0.463 e. The average molecular weight is 177 g/mol. The van der Waals surface area contributed by atoms with Gasteiger partial charge >= 0.3 is 0 Å². The lowest BCUT2D eigenvalue weighted by atomic mass is 10.5. The fourth-order valence-electron chi connectivity index (χ4n) is 0.781. The van der Waals surface area contributed by atoms with Crippen molar-refractivity contribution in [1.29, 1.82) is 0 Å². The van der Waals surface area contributed by atoms with Gasteiger partial charge < -0.3 is 4.42 Å². The quantitative estimate of drug-likeness (QED) is 0.538. The molecule has 0 atom stereocenters. The number of anilines is 1. The van der Waals surface area contributed by atoms with Crippen molar-refractivity contribution in [3.05, 3.63) is 30.5 Å². The molecule has 6 heteroatoms. The summed E-state index contributed by atoms with van der Waals surface area (Å²) in [7, 11) is 0. The molecule has 2 rings (SSSR count). The first-order valence-electron chi connectivity index (χ1n) is 3.63. The van der Waals surface area contributed by atoms with Crippen molar-refractivity contribution in [2.45, 2.75) is 0 Å². The second-order valence-corrected chi connectivity index (χ2v) is 2.22. The summed E-state index contributed by atoms with van der Waals surface area (Å²) in [5.74, 6) is 1.16. The molecule has 2 aromatic heterocycles. The van der Waals surface area contributed by atoms with Crippen LogP contribution in [0.4, 0.5) is 5.95 Å². The number of hydrazone groups is 1. The first kappa shape index (κ1) is 7.53. The van der Waals surface area contributed by atoms with E-state index in [1.165, 1.54) is 6.33 Å². The van der Waals surface area contributed by atoms with Crippen LogP contribution in [0.1, 0.15) is 5.76 Å². The number of hydrogen-bond acceptors (Lipinski definition) is 5. The fraction of sp³-hybridized carbons (Fsp3) is 0. The van der Waals surface area contributed by atoms with Crippen LogP contribution in [0.3, 0.4) is 0 Å². The van der Waals surface area contributed by atoms with Crippen LogP contribution in [0, 0.1) is 0 Å². The molecule has 0 radical (unpaired) electrons. The summed E-state index contributed by atoms with van der Waals surface area (Å²) < 4.78 is 5.02. The monoisotopic (exact) mass is 177 g/mol. The van der Waals surface area contributed by atoms with Gasteiger partial charge in [-0.15, -0.1) is 0 Å². The molecule has 6 nitrogen and oxygen atoms in total. The van der Waals surface area contributed by atoms with Crippen LogP contribution >= 0.6 is 0 Å². The van der Waals surface area contributed by atoms with E-state index in [9.17, 15) is 0 Å². The maximum atomic E-state index is 5.02. The number of rotatable bonds is 3. The molecule has 0 aliphatic rings. The van der Waals surface area contributed by atoms with Gasteiger partial charge in [-0.1, -0.05) is 0 Å². The van der Waals surface area contributed by atoms with Crippen LogP contribution < -0.4 is 5.43 Å². The van der Waals surface area contributed by atoms with Gasteiger partial charge in [0, 0.05) is 0 Å². The normalized spacial score (nSPS) is 10.8. The van der Waals surface area contributed by atoms with Gasteiger partial charge in [0.05, 0.1) is 12.5 Å². The zero-order valence-corrected chi connectivity index (χ0v) is 6.64. The van der Waals surface area contributed by atoms with E-state index >= 15 is 0 Å². The minimum atomic E-state index is 0.489. The zero-order chi connectivity index (χ0) is 8.93. The molecule has 2 heterocycles. The fourth-order valence-corrected chi connectivity index (χ4v) is 0.781. The third kappa shape index (κ3) is 1.92. The first-order valence-corrected chi connectivity index (χ1v) is 3.63. The molecule has 2 aromatic rings. The Bertz CT molecular complexity index is 364. The Kier molecular flexibility index (Phi) is 2.04. The van der Waals surface area contributed by atoms with Crippen LogP contribution in [0.15, 0.2) is 34.2 Å². The molecule has 0 amide bonds. The highest BCUT2D eigenvalue weighted by molar-refractivity contribution is 5.76. The molecule has 2 N–H and O–H groups in total. The van der Waals surface area contributed by atoms with Crippen molar-refractivity contribution in [3.8, 4) is 0 Å². The topological polar surface area (TPSA) is 79.1 Å². The van der Waals surface area contributed by atoms with E-state index in [4.69, 9.17) is 4.42 Å². The van der Waals surface area contributed by atoms with Gasteiger partial charge in [-0.05, 0) is 12.1 Å². The summed E-state index contributed by atoms with van der Waals surface area (Å²) in [5.41, 5.74) is 2.64. The Balaban J connectivity index is 1.93. The molecule has 0 spiro atoms. The third-order valence-electron chi connectivity index (χ3n) is 1.32. The molecular formula is C7H7N5O. The van der Waals surface area contributed by atoms with E-state index in [0.717, 1.165) is 0 Å². The van der Waals surface area contributed by atoms with E-state index in [0.29, 0.717) is 11.7 Å². The predicted octanol–water partition coefficient (Wildman–Crippen LogP) is 0.844. The Hall–Kier alpha value is -2.11. The summed E-state index contributed by atoms with van der Waals surface area (Å²) in [4.78, 5) is 3.81. The molecule has 0 aromatic carbocycles. The molecule has 0 aliphatic heterocycles. The van der Waals surface area contributed by atoms with Crippen LogP contribution in [0.5, 0.6) is 0 Å². The second kappa shape index (κ2) is 3.53. The van der Waals surface area contributed by atoms with Crippen LogP contribution in [0.25, 0.3) is 0 Å². The van der Waals surface area contributed by atoms with Crippen molar-refractivity contribution < 1.29 is 4.42 Å². The number of nitrogens with zero attached hydrogens (tertiary/aromatic N) is 3. The number of aromatic amines is 1. The maximum Gasteiger partial charge on any atom is 0.239 e. The van der Waals surface area contributed by atoms with Gasteiger partial charge in [-0.2, -0.15) is 15.2 Å². The lowest BCUT2D eigenvalue weighted by Crippen LogP contribution is -1.91. The molecule has 66 valence electrons. The van der Waals surface area contributed by atoms with Crippen LogP contribution in [-0.4, -0.2) is 21.4 Å². The minimum absolute atomic E-state index is 0.489. The van der Waals surface area contributed by atoms with Crippen molar-refractivity contribution >= 4 is 12.2 Å². The summed E-state index contributed by atoms with van der Waals surface area (Å²) in [6.45, 7) is 0. The van der Waals surface area contributed by atoms with Crippen molar-refractivity contribution in [1.82, 2.24) is 15.2 Å². The van der Waals surface area contributed by atoms with Crippen LogP contribution in [0.2, 0.25) is 0 Å². The maximum absolute atomic E-state index is 5.02. The zero-order valence-electron chi connectivity index (χ0n) is 6.64. The van der Waals surface area contributed by atoms with Gasteiger partial charge in [-0.3, -0.25) is 0 Å². The number of furan rings is 1. The highest BCUT2D eigenvalue weighted by atomic mass is 16.3. The molecule has 0 saturated heterocycles. The lowest BCUT2D eigenvalue weighted by Gasteiger charge is -1.89. The van der Waals surface area contributed by atoms with Crippen molar-refractivity contribution in [3.63, 3.8) is 0 Å². The summed E-state index contributed by atoms with van der Waals surface area (Å²) >= 11 is 0. The molecule has 0 aliphatic carbocycles. The number of hydrogen-bond donors (Lipinski definition) is 2. The Morgan fingerprint density at radius 1 is 1.62 bits per heavy atom.